The summed E-state index contributed by atoms with van der Waals surface area (Å²) in [5.74, 6) is 0.579. The van der Waals surface area contributed by atoms with Crippen molar-refractivity contribution in [1.29, 1.82) is 0 Å². The van der Waals surface area contributed by atoms with Crippen LogP contribution in [0.25, 0.3) is 22.3 Å². The molecule has 45 heavy (non-hydrogen) atoms. The fourth-order valence-electron chi connectivity index (χ4n) is 6.22. The zero-order chi connectivity index (χ0) is 32.4. The van der Waals surface area contributed by atoms with Crippen LogP contribution in [0.2, 0.25) is 25.7 Å². The van der Waals surface area contributed by atoms with Crippen molar-refractivity contribution in [2.45, 2.75) is 89.6 Å². The van der Waals surface area contributed by atoms with E-state index in [-0.39, 0.29) is 37.6 Å². The number of amides is 1. The molecule has 0 N–H and O–H groups in total. The minimum Gasteiger partial charge on any atom is -0.467 e. The molecule has 0 saturated carbocycles. The van der Waals surface area contributed by atoms with Crippen LogP contribution in [0.1, 0.15) is 55.6 Å². The van der Waals surface area contributed by atoms with Crippen molar-refractivity contribution in [2.75, 3.05) is 33.7 Å². The monoisotopic (exact) mass is 638 g/mol. The van der Waals surface area contributed by atoms with Gasteiger partial charge in [-0.2, -0.15) is 0 Å². The number of piperidine rings is 1. The van der Waals surface area contributed by atoms with E-state index in [9.17, 15) is 9.59 Å². The molecular weight excluding hydrogens is 592 g/mol. The van der Waals surface area contributed by atoms with Gasteiger partial charge in [-0.05, 0) is 57.9 Å². The summed E-state index contributed by atoms with van der Waals surface area (Å²) >= 11 is 0. The molecule has 5 rings (SSSR count). The molecular formula is C33H46N4O7Si. The molecule has 2 bridgehead atoms. The molecule has 3 aromatic rings. The number of ether oxygens (including phenoxy) is 5. The van der Waals surface area contributed by atoms with E-state index in [1.807, 2.05) is 60.6 Å². The van der Waals surface area contributed by atoms with Gasteiger partial charge >= 0.3 is 6.09 Å². The lowest BCUT2D eigenvalue weighted by molar-refractivity contribution is -0.0832. The highest BCUT2D eigenvalue weighted by molar-refractivity contribution is 6.76. The van der Waals surface area contributed by atoms with E-state index in [0.717, 1.165) is 23.6 Å². The van der Waals surface area contributed by atoms with Crippen molar-refractivity contribution in [3.63, 3.8) is 0 Å². The fraction of sp³-hybridized carbons (Fsp3) is 0.576. The van der Waals surface area contributed by atoms with Gasteiger partial charge in [0.1, 0.15) is 18.1 Å². The number of aldehydes is 1. The predicted octanol–water partition coefficient (Wildman–Crippen LogP) is 6.09. The van der Waals surface area contributed by atoms with Crippen molar-refractivity contribution in [1.82, 2.24) is 19.7 Å². The van der Waals surface area contributed by atoms with Gasteiger partial charge in [0.2, 0.25) is 0 Å². The third-order valence-electron chi connectivity index (χ3n) is 8.23. The topological polar surface area (TPSA) is 114 Å². The number of carbonyl (C=O) groups is 2. The van der Waals surface area contributed by atoms with E-state index in [1.165, 1.54) is 0 Å². The second-order valence-electron chi connectivity index (χ2n) is 14.1. The van der Waals surface area contributed by atoms with E-state index in [1.54, 1.807) is 7.11 Å². The number of para-hydroxylation sites is 1. The molecule has 11 nitrogen and oxygen atoms in total. The molecule has 1 unspecified atom stereocenters. The second-order valence-corrected chi connectivity index (χ2v) is 19.7. The van der Waals surface area contributed by atoms with Gasteiger partial charge in [-0.1, -0.05) is 31.8 Å². The van der Waals surface area contributed by atoms with E-state index >= 15 is 0 Å². The third-order valence-corrected chi connectivity index (χ3v) is 9.93. The van der Waals surface area contributed by atoms with Crippen molar-refractivity contribution in [2.24, 2.45) is 0 Å². The number of morpholine rings is 1. The number of fused-ring (bicyclic) bond motifs is 3. The molecule has 0 aliphatic carbocycles. The van der Waals surface area contributed by atoms with Crippen LogP contribution in [0.15, 0.2) is 30.3 Å². The van der Waals surface area contributed by atoms with Gasteiger partial charge in [-0.25, -0.2) is 4.79 Å². The maximum atomic E-state index is 13.3. The number of benzene rings is 1. The third kappa shape index (κ3) is 7.57. The lowest BCUT2D eigenvalue weighted by atomic mass is 9.82. The maximum absolute atomic E-state index is 13.3. The highest BCUT2D eigenvalue weighted by Gasteiger charge is 2.45. The van der Waals surface area contributed by atoms with Crippen LogP contribution >= 0.6 is 0 Å². The van der Waals surface area contributed by atoms with Crippen LogP contribution in [-0.2, 0) is 25.7 Å². The Kier molecular flexibility index (Phi) is 9.97. The van der Waals surface area contributed by atoms with Crippen LogP contribution in [0.4, 0.5) is 4.79 Å². The average Bonchev–Trinajstić information content (AvgIpc) is 3.28. The Hall–Kier alpha value is -3.32. The van der Waals surface area contributed by atoms with Crippen LogP contribution in [0.5, 0.6) is 5.75 Å². The fourth-order valence-corrected chi connectivity index (χ4v) is 6.98. The highest BCUT2D eigenvalue weighted by atomic mass is 28.3. The second kappa shape index (κ2) is 13.6. The number of hydrogen-bond donors (Lipinski definition) is 0. The summed E-state index contributed by atoms with van der Waals surface area (Å²) in [4.78, 5) is 28.0. The molecule has 244 valence electrons. The van der Waals surface area contributed by atoms with Crippen LogP contribution in [0.3, 0.4) is 0 Å². The van der Waals surface area contributed by atoms with Crippen LogP contribution in [0, 0.1) is 0 Å². The van der Waals surface area contributed by atoms with Gasteiger partial charge < -0.3 is 28.3 Å². The minimum absolute atomic E-state index is 0.0293. The van der Waals surface area contributed by atoms with Crippen LogP contribution < -0.4 is 4.74 Å². The first-order valence-electron chi connectivity index (χ1n) is 15.6. The number of aromatic nitrogens is 3. The summed E-state index contributed by atoms with van der Waals surface area (Å²) in [5, 5.41) is 9.97. The van der Waals surface area contributed by atoms with Crippen molar-refractivity contribution < 1.29 is 33.3 Å². The molecule has 1 amide bonds. The molecule has 3 atom stereocenters. The smallest absolute Gasteiger partial charge is 0.410 e. The summed E-state index contributed by atoms with van der Waals surface area (Å²) in [6, 6.07) is 10.1. The number of methoxy groups -OCH3 is 1. The van der Waals surface area contributed by atoms with Crippen molar-refractivity contribution in [3.8, 4) is 17.0 Å². The standard InChI is InChI=1S/C33H46N4O7Si/c1-33(2,3)44-32(39)37-23-14-22(15-24(37)19-42-18-23)30-27(17-38)26-16-28(25-10-8-9-11-29(25)43-21-40-4)34-35-31(26)36(30)20-41-12-13-45(5,6)7/h8-11,16-17,22-24H,12-15,18-21H2,1-7H3/t22?,23-,24+. The molecule has 2 aliphatic heterocycles. The largest absolute Gasteiger partial charge is 0.467 e. The van der Waals surface area contributed by atoms with E-state index < -0.39 is 13.7 Å². The first-order chi connectivity index (χ1) is 21.4. The Morgan fingerprint density at radius 1 is 1.11 bits per heavy atom. The zero-order valence-electron chi connectivity index (χ0n) is 27.5. The minimum atomic E-state index is -1.31. The maximum Gasteiger partial charge on any atom is 0.410 e. The molecule has 2 saturated heterocycles. The highest BCUT2D eigenvalue weighted by Crippen LogP contribution is 2.42. The molecule has 4 heterocycles. The summed E-state index contributed by atoms with van der Waals surface area (Å²) in [6.07, 6.45) is 1.84. The molecule has 0 radical (unpaired) electrons. The molecule has 1 aromatic carbocycles. The van der Waals surface area contributed by atoms with Gasteiger partial charge in [-0.15, -0.1) is 10.2 Å². The van der Waals surface area contributed by atoms with Crippen LogP contribution in [-0.4, -0.2) is 91.5 Å². The molecule has 2 fully saturated rings. The quantitative estimate of drug-likeness (QED) is 0.107. The van der Waals surface area contributed by atoms with Gasteiger partial charge in [0.15, 0.2) is 18.7 Å². The first kappa shape index (κ1) is 33.1. The van der Waals surface area contributed by atoms with E-state index in [4.69, 9.17) is 23.7 Å². The van der Waals surface area contributed by atoms with Gasteiger partial charge in [0, 0.05) is 49.9 Å². The summed E-state index contributed by atoms with van der Waals surface area (Å²) in [6.45, 7) is 14.4. The summed E-state index contributed by atoms with van der Waals surface area (Å²) < 4.78 is 30.8. The molecule has 2 aromatic heterocycles. The summed E-state index contributed by atoms with van der Waals surface area (Å²) in [5.41, 5.74) is 2.76. The Morgan fingerprint density at radius 3 is 2.47 bits per heavy atom. The Bertz CT molecular complexity index is 1500. The average molecular weight is 639 g/mol. The number of rotatable bonds is 11. The SMILES string of the molecule is COCOc1ccccc1-c1cc2c(C=O)c(C3C[C@H]4COC[C@@H](C3)N4C(=O)OC(C)(C)C)n(COCC[Si](C)(C)C)c2nn1. The van der Waals surface area contributed by atoms with Crippen molar-refractivity contribution >= 4 is 31.5 Å². The number of nitrogens with zero attached hydrogens (tertiary/aromatic N) is 4. The van der Waals surface area contributed by atoms with E-state index in [0.29, 0.717) is 60.7 Å². The van der Waals surface area contributed by atoms with Gasteiger partial charge in [0.05, 0.1) is 31.0 Å². The van der Waals surface area contributed by atoms with Gasteiger partial charge in [0.25, 0.3) is 0 Å². The molecule has 2 aliphatic rings. The normalized spacial score (nSPS) is 20.3. The number of carbonyl (C=O) groups excluding carboxylic acids is 2. The predicted molar refractivity (Wildman–Crippen MR) is 173 cm³/mol. The number of hydrogen-bond acceptors (Lipinski definition) is 9. The lowest BCUT2D eigenvalue weighted by Crippen LogP contribution is -2.59. The zero-order valence-corrected chi connectivity index (χ0v) is 28.5. The Labute approximate surface area is 266 Å². The lowest BCUT2D eigenvalue weighted by Gasteiger charge is -2.48. The Morgan fingerprint density at radius 2 is 1.82 bits per heavy atom. The summed E-state index contributed by atoms with van der Waals surface area (Å²) in [7, 11) is 0.258. The van der Waals surface area contributed by atoms with Crippen molar-refractivity contribution in [3.05, 3.63) is 41.6 Å². The van der Waals surface area contributed by atoms with Gasteiger partial charge in [-0.3, -0.25) is 9.69 Å². The Balaban J connectivity index is 1.55. The molecule has 0 spiro atoms. The molecule has 12 heteroatoms. The van der Waals surface area contributed by atoms with E-state index in [2.05, 4.69) is 29.8 Å². The first-order valence-corrected chi connectivity index (χ1v) is 19.3.